The Hall–Kier alpha value is 0.180. The van der Waals surface area contributed by atoms with E-state index in [2.05, 4.69) is 37.4 Å². The first-order valence-electron chi connectivity index (χ1n) is 3.55. The highest BCUT2D eigenvalue weighted by atomic mass is 32.1. The molecular formula is C8H12S2. The third kappa shape index (κ3) is 2.43. The summed E-state index contributed by atoms with van der Waals surface area (Å²) < 4.78 is 0. The molecule has 0 aliphatic heterocycles. The maximum absolute atomic E-state index is 4.34. The zero-order valence-electron chi connectivity index (χ0n) is 5.88. The van der Waals surface area contributed by atoms with Crippen LogP contribution in [0.25, 0.3) is 0 Å². The molecule has 0 unspecified atom stereocenters. The van der Waals surface area contributed by atoms with Gasteiger partial charge in [0.1, 0.15) is 0 Å². The summed E-state index contributed by atoms with van der Waals surface area (Å²) >= 11 is 8.68. The Labute approximate surface area is 73.2 Å². The van der Waals surface area contributed by atoms with Crippen LogP contribution in [0.15, 0.2) is 22.0 Å². The first-order valence-corrected chi connectivity index (χ1v) is 4.45. The SMILES string of the molecule is S/C1=C(\S)CC/C=C\CC1. The van der Waals surface area contributed by atoms with Crippen molar-refractivity contribution in [1.29, 1.82) is 0 Å². The number of hydrogen-bond donors (Lipinski definition) is 2. The lowest BCUT2D eigenvalue weighted by Crippen LogP contribution is -1.83. The van der Waals surface area contributed by atoms with E-state index < -0.39 is 0 Å². The quantitative estimate of drug-likeness (QED) is 0.407. The van der Waals surface area contributed by atoms with Crippen LogP contribution >= 0.6 is 25.3 Å². The van der Waals surface area contributed by atoms with E-state index in [4.69, 9.17) is 0 Å². The fourth-order valence-electron chi connectivity index (χ4n) is 0.964. The zero-order valence-corrected chi connectivity index (χ0v) is 7.67. The van der Waals surface area contributed by atoms with Gasteiger partial charge in [-0.1, -0.05) is 12.2 Å². The summed E-state index contributed by atoms with van der Waals surface area (Å²) in [6, 6.07) is 0. The van der Waals surface area contributed by atoms with Gasteiger partial charge in [-0.15, -0.1) is 25.3 Å². The van der Waals surface area contributed by atoms with Crippen molar-refractivity contribution in [1.82, 2.24) is 0 Å². The molecule has 0 fully saturated rings. The summed E-state index contributed by atoms with van der Waals surface area (Å²) in [6.45, 7) is 0. The van der Waals surface area contributed by atoms with Gasteiger partial charge < -0.3 is 0 Å². The predicted octanol–water partition coefficient (Wildman–Crippen LogP) is 3.19. The van der Waals surface area contributed by atoms with Crippen LogP contribution in [-0.2, 0) is 0 Å². The maximum Gasteiger partial charge on any atom is -0.00885 e. The van der Waals surface area contributed by atoms with E-state index in [1.54, 1.807) is 0 Å². The molecule has 0 aromatic rings. The summed E-state index contributed by atoms with van der Waals surface area (Å²) in [4.78, 5) is 2.32. The van der Waals surface area contributed by atoms with Crippen molar-refractivity contribution in [3.63, 3.8) is 0 Å². The molecule has 0 radical (unpaired) electrons. The van der Waals surface area contributed by atoms with Crippen molar-refractivity contribution in [2.75, 3.05) is 0 Å². The maximum atomic E-state index is 4.34. The molecule has 0 atom stereocenters. The minimum absolute atomic E-state index is 1.05. The molecule has 1 aliphatic rings. The lowest BCUT2D eigenvalue weighted by molar-refractivity contribution is 0.943. The van der Waals surface area contributed by atoms with Crippen molar-refractivity contribution in [3.05, 3.63) is 22.0 Å². The van der Waals surface area contributed by atoms with E-state index >= 15 is 0 Å². The van der Waals surface area contributed by atoms with Crippen molar-refractivity contribution in [3.8, 4) is 0 Å². The minimum Gasteiger partial charge on any atom is -0.147 e. The number of rotatable bonds is 0. The van der Waals surface area contributed by atoms with Gasteiger partial charge in [-0.2, -0.15) is 0 Å². The second-order valence-electron chi connectivity index (χ2n) is 2.44. The van der Waals surface area contributed by atoms with Gasteiger partial charge in [0, 0.05) is 0 Å². The van der Waals surface area contributed by atoms with E-state index in [0.29, 0.717) is 0 Å². The van der Waals surface area contributed by atoms with Crippen LogP contribution in [0.3, 0.4) is 0 Å². The highest BCUT2D eigenvalue weighted by molar-refractivity contribution is 7.88. The Morgan fingerprint density at radius 2 is 1.30 bits per heavy atom. The molecule has 0 saturated carbocycles. The second kappa shape index (κ2) is 4.14. The highest BCUT2D eigenvalue weighted by Crippen LogP contribution is 2.24. The molecule has 0 nitrogen and oxygen atoms in total. The summed E-state index contributed by atoms with van der Waals surface area (Å²) in [5.74, 6) is 0. The average Bonchev–Trinajstić information content (AvgIpc) is 1.92. The molecule has 0 bridgehead atoms. The van der Waals surface area contributed by atoms with Crippen molar-refractivity contribution < 1.29 is 0 Å². The molecule has 56 valence electrons. The molecule has 0 amide bonds. The van der Waals surface area contributed by atoms with Gasteiger partial charge in [-0.25, -0.2) is 0 Å². The Kier molecular flexibility index (Phi) is 3.43. The molecule has 0 N–H and O–H groups in total. The molecule has 0 saturated heterocycles. The lowest BCUT2D eigenvalue weighted by atomic mass is 10.1. The van der Waals surface area contributed by atoms with E-state index in [1.807, 2.05) is 0 Å². The van der Waals surface area contributed by atoms with Gasteiger partial charge in [-0.05, 0) is 35.5 Å². The molecule has 0 heterocycles. The lowest BCUT2D eigenvalue weighted by Gasteiger charge is -2.05. The first-order chi connectivity index (χ1) is 4.80. The summed E-state index contributed by atoms with van der Waals surface area (Å²) in [5, 5.41) is 0. The van der Waals surface area contributed by atoms with Gasteiger partial charge in [0.2, 0.25) is 0 Å². The first kappa shape index (κ1) is 8.28. The highest BCUT2D eigenvalue weighted by Gasteiger charge is 1.99. The average molecular weight is 172 g/mol. The summed E-state index contributed by atoms with van der Waals surface area (Å²) in [7, 11) is 0. The van der Waals surface area contributed by atoms with Crippen LogP contribution in [0, 0.1) is 0 Å². The van der Waals surface area contributed by atoms with Gasteiger partial charge in [-0.3, -0.25) is 0 Å². The largest absolute Gasteiger partial charge is 0.147 e. The zero-order chi connectivity index (χ0) is 7.40. The summed E-state index contributed by atoms with van der Waals surface area (Å²) in [6.07, 6.45) is 8.77. The number of thiol groups is 2. The van der Waals surface area contributed by atoms with Crippen LogP contribution in [-0.4, -0.2) is 0 Å². The Balaban J connectivity index is 2.57. The Morgan fingerprint density at radius 3 is 1.70 bits per heavy atom. The van der Waals surface area contributed by atoms with Gasteiger partial charge in [0.25, 0.3) is 0 Å². The molecule has 0 spiro atoms. The van der Waals surface area contributed by atoms with Gasteiger partial charge in [0.15, 0.2) is 0 Å². The third-order valence-electron chi connectivity index (χ3n) is 1.60. The molecule has 2 heteroatoms. The van der Waals surface area contributed by atoms with Crippen LogP contribution < -0.4 is 0 Å². The Morgan fingerprint density at radius 1 is 0.900 bits per heavy atom. The molecule has 10 heavy (non-hydrogen) atoms. The second-order valence-corrected chi connectivity index (χ2v) is 3.52. The number of hydrogen-bond acceptors (Lipinski definition) is 2. The smallest absolute Gasteiger partial charge is 0.00885 e. The van der Waals surface area contributed by atoms with Crippen molar-refractivity contribution >= 4 is 25.3 Å². The minimum atomic E-state index is 1.05. The van der Waals surface area contributed by atoms with E-state index in [-0.39, 0.29) is 0 Å². The monoisotopic (exact) mass is 172 g/mol. The fourth-order valence-corrected chi connectivity index (χ4v) is 1.45. The van der Waals surface area contributed by atoms with Crippen molar-refractivity contribution in [2.24, 2.45) is 0 Å². The molecule has 0 aromatic heterocycles. The predicted molar refractivity (Wildman–Crippen MR) is 52.6 cm³/mol. The summed E-state index contributed by atoms with van der Waals surface area (Å²) in [5.41, 5.74) is 0. The van der Waals surface area contributed by atoms with E-state index in [9.17, 15) is 0 Å². The molecule has 0 aromatic carbocycles. The number of allylic oxidation sites excluding steroid dienone is 4. The van der Waals surface area contributed by atoms with E-state index in [1.165, 1.54) is 0 Å². The van der Waals surface area contributed by atoms with Gasteiger partial charge in [0.05, 0.1) is 0 Å². The van der Waals surface area contributed by atoms with Gasteiger partial charge >= 0.3 is 0 Å². The topological polar surface area (TPSA) is 0 Å². The fraction of sp³-hybridized carbons (Fsp3) is 0.500. The van der Waals surface area contributed by atoms with E-state index in [0.717, 1.165) is 35.5 Å². The Bertz CT molecular complexity index is 150. The van der Waals surface area contributed by atoms with Crippen molar-refractivity contribution in [2.45, 2.75) is 25.7 Å². The molecule has 1 rings (SSSR count). The van der Waals surface area contributed by atoms with Crippen LogP contribution in [0.1, 0.15) is 25.7 Å². The third-order valence-corrected chi connectivity index (χ3v) is 2.76. The molecule has 1 aliphatic carbocycles. The normalized spacial score (nSPS) is 31.0. The molecular weight excluding hydrogens is 160 g/mol. The van der Waals surface area contributed by atoms with Crippen LogP contribution in [0.2, 0.25) is 0 Å². The van der Waals surface area contributed by atoms with Crippen LogP contribution in [0.5, 0.6) is 0 Å². The standard InChI is InChI=1S/C8H12S2/c9-7-5-3-1-2-4-6-8(7)10/h1-2,9-10H,3-6H2/b2-1-,8-7-. The van der Waals surface area contributed by atoms with Crippen LogP contribution in [0.4, 0.5) is 0 Å².